The van der Waals surface area contributed by atoms with E-state index in [1.54, 1.807) is 18.2 Å². The Kier molecular flexibility index (Phi) is 5.79. The summed E-state index contributed by atoms with van der Waals surface area (Å²) in [6, 6.07) is 10.3. The molecule has 2 aliphatic rings. The molecule has 7 nitrogen and oxygen atoms in total. The average molecular weight is 486 g/mol. The van der Waals surface area contributed by atoms with Gasteiger partial charge in [-0.25, -0.2) is 8.78 Å². The minimum Gasteiger partial charge on any atom is -0.490 e. The topological polar surface area (TPSA) is 80.8 Å². The summed E-state index contributed by atoms with van der Waals surface area (Å²) < 4.78 is 39.7. The predicted octanol–water partition coefficient (Wildman–Crippen LogP) is 4.16. The van der Waals surface area contributed by atoms with Gasteiger partial charge in [-0.05, 0) is 36.4 Å². The molecule has 34 heavy (non-hydrogen) atoms. The van der Waals surface area contributed by atoms with E-state index in [2.05, 4.69) is 10.3 Å². The van der Waals surface area contributed by atoms with Gasteiger partial charge in [0.2, 0.25) is 0 Å². The zero-order valence-electron chi connectivity index (χ0n) is 17.7. The molecule has 2 aromatic carbocycles. The lowest BCUT2D eigenvalue weighted by molar-refractivity contribution is -0.118. The van der Waals surface area contributed by atoms with Gasteiger partial charge in [0.15, 0.2) is 18.2 Å². The van der Waals surface area contributed by atoms with Crippen molar-refractivity contribution < 1.29 is 27.8 Å². The first kappa shape index (κ1) is 22.1. The van der Waals surface area contributed by atoms with Crippen LogP contribution in [0.5, 0.6) is 11.5 Å². The Balaban J connectivity index is 1.17. The first-order chi connectivity index (χ1) is 16.4. The van der Waals surface area contributed by atoms with Crippen LogP contribution in [0.1, 0.15) is 10.4 Å². The highest BCUT2D eigenvalue weighted by atomic mass is 35.5. The normalized spacial score (nSPS) is 15.1. The first-order valence-electron chi connectivity index (χ1n) is 10.5. The second-order valence-corrected chi connectivity index (χ2v) is 8.50. The molecule has 10 heteroatoms. The van der Waals surface area contributed by atoms with E-state index < -0.39 is 17.5 Å². The second kappa shape index (κ2) is 8.90. The molecule has 3 aromatic rings. The van der Waals surface area contributed by atoms with E-state index in [-0.39, 0.29) is 47.8 Å². The largest absolute Gasteiger partial charge is 0.490 e. The van der Waals surface area contributed by atoms with Gasteiger partial charge in [-0.3, -0.25) is 14.6 Å². The molecule has 1 N–H and O–H groups in total. The number of hydrogen-bond acceptors (Lipinski definition) is 5. The van der Waals surface area contributed by atoms with Crippen molar-refractivity contribution >= 4 is 29.1 Å². The number of pyridine rings is 1. The van der Waals surface area contributed by atoms with Crippen molar-refractivity contribution in [2.24, 2.45) is 5.92 Å². The van der Waals surface area contributed by atoms with E-state index in [1.807, 2.05) is 0 Å². The van der Waals surface area contributed by atoms with Crippen LogP contribution in [-0.4, -0.2) is 48.0 Å². The van der Waals surface area contributed by atoms with Gasteiger partial charge in [0.1, 0.15) is 11.6 Å². The number of halogens is 3. The van der Waals surface area contributed by atoms with E-state index in [0.717, 1.165) is 6.07 Å². The van der Waals surface area contributed by atoms with Crippen molar-refractivity contribution in [1.29, 1.82) is 0 Å². The van der Waals surface area contributed by atoms with Crippen molar-refractivity contribution in [3.63, 3.8) is 0 Å². The third-order valence-corrected chi connectivity index (χ3v) is 5.83. The van der Waals surface area contributed by atoms with Crippen molar-refractivity contribution in [3.8, 4) is 22.8 Å². The van der Waals surface area contributed by atoms with Crippen LogP contribution >= 0.6 is 11.6 Å². The fourth-order valence-electron chi connectivity index (χ4n) is 3.81. The van der Waals surface area contributed by atoms with Gasteiger partial charge >= 0.3 is 0 Å². The number of likely N-dealkylation sites (tertiary alicyclic amines) is 1. The molecule has 174 valence electrons. The minimum atomic E-state index is -0.725. The van der Waals surface area contributed by atoms with Gasteiger partial charge < -0.3 is 19.7 Å². The van der Waals surface area contributed by atoms with Gasteiger partial charge in [-0.2, -0.15) is 0 Å². The third kappa shape index (κ3) is 4.38. The molecule has 3 heterocycles. The number of carbonyl (C=O) groups excluding carboxylic acids is 2. The molecule has 0 atom stereocenters. The van der Waals surface area contributed by atoms with E-state index >= 15 is 0 Å². The van der Waals surface area contributed by atoms with Crippen LogP contribution in [0.25, 0.3) is 11.3 Å². The molecule has 2 amide bonds. The lowest BCUT2D eigenvalue weighted by atomic mass is 9.99. The zero-order chi connectivity index (χ0) is 23.8. The molecule has 1 fully saturated rings. The molecule has 2 aliphatic heterocycles. The van der Waals surface area contributed by atoms with E-state index in [0.29, 0.717) is 29.4 Å². The van der Waals surface area contributed by atoms with Crippen molar-refractivity contribution in [1.82, 2.24) is 9.88 Å². The number of fused-ring (bicyclic) bond motifs is 1. The number of amides is 2. The SMILES string of the molecule is O=C1COc2cc(F)c(C(=O)N3CC(COc4ccc(-c5ccc(Cl)cn5)cc4F)C3)cc2N1. The van der Waals surface area contributed by atoms with Gasteiger partial charge in [0.05, 0.1) is 28.6 Å². The maximum atomic E-state index is 14.5. The second-order valence-electron chi connectivity index (χ2n) is 8.06. The molecule has 0 bridgehead atoms. The highest BCUT2D eigenvalue weighted by Gasteiger charge is 2.34. The Morgan fingerprint density at radius 3 is 2.74 bits per heavy atom. The monoisotopic (exact) mass is 485 g/mol. The summed E-state index contributed by atoms with van der Waals surface area (Å²) in [6.45, 7) is 0.684. The van der Waals surface area contributed by atoms with E-state index in [4.69, 9.17) is 21.1 Å². The van der Waals surface area contributed by atoms with E-state index in [9.17, 15) is 18.4 Å². The van der Waals surface area contributed by atoms with Crippen LogP contribution in [-0.2, 0) is 4.79 Å². The Morgan fingerprint density at radius 2 is 2.00 bits per heavy atom. The molecule has 0 radical (unpaired) electrons. The summed E-state index contributed by atoms with van der Waals surface area (Å²) in [5, 5.41) is 3.05. The van der Waals surface area contributed by atoms with Gasteiger partial charge in [-0.15, -0.1) is 0 Å². The lowest BCUT2D eigenvalue weighted by Crippen LogP contribution is -2.52. The maximum absolute atomic E-state index is 14.5. The zero-order valence-corrected chi connectivity index (χ0v) is 18.4. The molecule has 0 unspecified atom stereocenters. The number of nitrogens with one attached hydrogen (secondary N) is 1. The lowest BCUT2D eigenvalue weighted by Gasteiger charge is -2.39. The third-order valence-electron chi connectivity index (χ3n) is 5.61. The number of carbonyl (C=O) groups is 2. The molecule has 1 aromatic heterocycles. The first-order valence-corrected chi connectivity index (χ1v) is 10.8. The van der Waals surface area contributed by atoms with Crippen LogP contribution < -0.4 is 14.8 Å². The van der Waals surface area contributed by atoms with E-state index in [1.165, 1.54) is 29.3 Å². The number of anilines is 1. The summed E-state index contributed by atoms with van der Waals surface area (Å²) in [4.78, 5) is 29.8. The van der Waals surface area contributed by atoms with Crippen molar-refractivity contribution in [2.75, 3.05) is 31.6 Å². The summed E-state index contributed by atoms with van der Waals surface area (Å²) in [7, 11) is 0. The van der Waals surface area contributed by atoms with Crippen LogP contribution in [0, 0.1) is 17.6 Å². The fourth-order valence-corrected chi connectivity index (χ4v) is 3.92. The minimum absolute atomic E-state index is 0.0234. The number of benzene rings is 2. The molecule has 0 aliphatic carbocycles. The van der Waals surface area contributed by atoms with Crippen molar-refractivity contribution in [3.05, 3.63) is 70.9 Å². The number of nitrogens with zero attached hydrogens (tertiary/aromatic N) is 2. The van der Waals surface area contributed by atoms with Crippen molar-refractivity contribution in [2.45, 2.75) is 0 Å². The van der Waals surface area contributed by atoms with Crippen LogP contribution in [0.2, 0.25) is 5.02 Å². The molecule has 0 saturated carbocycles. The van der Waals surface area contributed by atoms with Gasteiger partial charge in [-0.1, -0.05) is 11.6 Å². The number of hydrogen-bond donors (Lipinski definition) is 1. The molecular formula is C24H18ClF2N3O4. The highest BCUT2D eigenvalue weighted by molar-refractivity contribution is 6.30. The predicted molar refractivity (Wildman–Crippen MR) is 120 cm³/mol. The maximum Gasteiger partial charge on any atom is 0.262 e. The summed E-state index contributed by atoms with van der Waals surface area (Å²) in [5.74, 6) is -1.86. The number of rotatable bonds is 5. The summed E-state index contributed by atoms with van der Waals surface area (Å²) in [6.07, 6.45) is 1.49. The van der Waals surface area contributed by atoms with Gasteiger partial charge in [0, 0.05) is 36.8 Å². The number of aromatic nitrogens is 1. The Morgan fingerprint density at radius 1 is 1.18 bits per heavy atom. The quantitative estimate of drug-likeness (QED) is 0.587. The van der Waals surface area contributed by atoms with Crippen LogP contribution in [0.4, 0.5) is 14.5 Å². The van der Waals surface area contributed by atoms with Crippen LogP contribution in [0.15, 0.2) is 48.7 Å². The Labute approximate surface area is 198 Å². The molecule has 1 saturated heterocycles. The average Bonchev–Trinajstić information content (AvgIpc) is 2.79. The molecule has 5 rings (SSSR count). The standard InChI is InChI=1S/C24H18ClF2N3O4/c25-15-2-3-19(28-8-15)14-1-4-21(18(27)5-14)33-11-13-9-30(10-13)24(32)16-6-20-22(7-17(16)26)34-12-23(31)29-20/h1-8,13H,9-12H2,(H,29,31). The Hall–Kier alpha value is -3.72. The molecular weight excluding hydrogens is 468 g/mol. The van der Waals surface area contributed by atoms with Gasteiger partial charge in [0.25, 0.3) is 11.8 Å². The smallest absolute Gasteiger partial charge is 0.262 e. The fraction of sp³-hybridized carbons (Fsp3) is 0.208. The van der Waals surface area contributed by atoms with Crippen LogP contribution in [0.3, 0.4) is 0 Å². The number of ether oxygens (including phenoxy) is 2. The highest BCUT2D eigenvalue weighted by Crippen LogP contribution is 2.32. The summed E-state index contributed by atoms with van der Waals surface area (Å²) in [5.41, 5.74) is 1.29. The Bertz CT molecular complexity index is 1280. The molecule has 0 spiro atoms. The summed E-state index contributed by atoms with van der Waals surface area (Å²) >= 11 is 5.83.